The molecule has 0 aromatic rings. The van der Waals surface area contributed by atoms with Crippen LogP contribution in [-0.2, 0) is 4.79 Å². The van der Waals surface area contributed by atoms with Gasteiger partial charge in [-0.25, -0.2) is 0 Å². The third-order valence-corrected chi connectivity index (χ3v) is 5.79. The average Bonchev–Trinajstić information content (AvgIpc) is 2.42. The molecule has 3 saturated carbocycles. The van der Waals surface area contributed by atoms with Gasteiger partial charge < -0.3 is 10.4 Å². The maximum atomic E-state index is 12.2. The molecule has 0 aromatic carbocycles. The first kappa shape index (κ1) is 13.4. The van der Waals surface area contributed by atoms with Crippen LogP contribution in [0.25, 0.3) is 0 Å². The van der Waals surface area contributed by atoms with Gasteiger partial charge in [-0.05, 0) is 50.4 Å². The predicted octanol–water partition coefficient (Wildman–Crippen LogP) is 2.62. The average molecular weight is 265 g/mol. The van der Waals surface area contributed by atoms with Crippen LogP contribution in [0.4, 0.5) is 0 Å². The number of carbonyl (C=O) groups excluding carboxylic acids is 1. The molecule has 3 rings (SSSR count). The Labute approximate surface area is 116 Å². The Balaban J connectivity index is 1.47. The fraction of sp³-hybridized carbons (Fsp3) is 0.938. The van der Waals surface area contributed by atoms with Crippen LogP contribution in [0.1, 0.15) is 64.2 Å². The topological polar surface area (TPSA) is 49.3 Å². The number of hydrogen-bond acceptors (Lipinski definition) is 2. The summed E-state index contributed by atoms with van der Waals surface area (Å²) in [4.78, 5) is 12.2. The number of fused-ring (bicyclic) bond motifs is 1. The molecule has 3 nitrogen and oxygen atoms in total. The van der Waals surface area contributed by atoms with Crippen LogP contribution in [0.2, 0.25) is 0 Å². The molecule has 0 aliphatic heterocycles. The summed E-state index contributed by atoms with van der Waals surface area (Å²) in [5.74, 6) is 2.10. The van der Waals surface area contributed by atoms with E-state index in [9.17, 15) is 9.90 Å². The normalized spacial score (nSPS) is 37.0. The highest BCUT2D eigenvalue weighted by atomic mass is 16.3. The second-order valence-corrected chi connectivity index (χ2v) is 7.11. The lowest BCUT2D eigenvalue weighted by atomic mass is 9.67. The smallest absolute Gasteiger partial charge is 0.223 e. The Hall–Kier alpha value is -0.570. The molecule has 0 spiro atoms. The summed E-state index contributed by atoms with van der Waals surface area (Å²) in [5.41, 5.74) is -0.586. The lowest BCUT2D eigenvalue weighted by Gasteiger charge is -2.40. The van der Waals surface area contributed by atoms with E-state index in [-0.39, 0.29) is 11.8 Å². The monoisotopic (exact) mass is 265 g/mol. The number of amides is 1. The van der Waals surface area contributed by atoms with E-state index >= 15 is 0 Å². The molecular weight excluding hydrogens is 238 g/mol. The van der Waals surface area contributed by atoms with Gasteiger partial charge in [-0.2, -0.15) is 0 Å². The summed E-state index contributed by atoms with van der Waals surface area (Å²) in [6, 6.07) is 0. The maximum Gasteiger partial charge on any atom is 0.223 e. The molecule has 108 valence electrons. The van der Waals surface area contributed by atoms with E-state index < -0.39 is 5.60 Å². The molecule has 3 atom stereocenters. The second-order valence-electron chi connectivity index (χ2n) is 7.11. The van der Waals surface area contributed by atoms with Crippen LogP contribution in [0.3, 0.4) is 0 Å². The highest BCUT2D eigenvalue weighted by Crippen LogP contribution is 2.42. The molecule has 0 bridgehead atoms. The number of rotatable bonds is 3. The van der Waals surface area contributed by atoms with E-state index in [1.807, 2.05) is 0 Å². The third-order valence-electron chi connectivity index (χ3n) is 5.79. The molecule has 3 fully saturated rings. The van der Waals surface area contributed by atoms with Crippen LogP contribution < -0.4 is 5.32 Å². The maximum absolute atomic E-state index is 12.2. The van der Waals surface area contributed by atoms with Gasteiger partial charge in [0.2, 0.25) is 5.91 Å². The molecule has 3 heteroatoms. The summed E-state index contributed by atoms with van der Waals surface area (Å²) in [5, 5.41) is 13.0. The molecule has 0 radical (unpaired) electrons. The van der Waals surface area contributed by atoms with Crippen LogP contribution >= 0.6 is 0 Å². The molecule has 2 N–H and O–H groups in total. The molecule has 0 aromatic heterocycles. The Kier molecular flexibility index (Phi) is 3.84. The minimum atomic E-state index is -0.586. The van der Waals surface area contributed by atoms with E-state index in [1.165, 1.54) is 32.1 Å². The van der Waals surface area contributed by atoms with Gasteiger partial charge in [0.05, 0.1) is 5.60 Å². The minimum Gasteiger partial charge on any atom is -0.388 e. The summed E-state index contributed by atoms with van der Waals surface area (Å²) in [6.45, 7) is 0.469. The highest BCUT2D eigenvalue weighted by Gasteiger charge is 2.37. The van der Waals surface area contributed by atoms with Crippen LogP contribution in [0.5, 0.6) is 0 Å². The highest BCUT2D eigenvalue weighted by molar-refractivity contribution is 5.78. The Bertz CT molecular complexity index is 338. The van der Waals surface area contributed by atoms with Crippen LogP contribution in [0, 0.1) is 17.8 Å². The molecule has 3 unspecified atom stereocenters. The van der Waals surface area contributed by atoms with E-state index in [1.54, 1.807) is 0 Å². The summed E-state index contributed by atoms with van der Waals surface area (Å²) < 4.78 is 0. The Morgan fingerprint density at radius 3 is 2.47 bits per heavy atom. The fourth-order valence-corrected chi connectivity index (χ4v) is 4.27. The Morgan fingerprint density at radius 2 is 1.79 bits per heavy atom. The van der Waals surface area contributed by atoms with E-state index in [0.717, 1.165) is 43.9 Å². The quantitative estimate of drug-likeness (QED) is 0.824. The van der Waals surface area contributed by atoms with Gasteiger partial charge in [-0.1, -0.05) is 25.7 Å². The lowest BCUT2D eigenvalue weighted by molar-refractivity contribution is -0.129. The van der Waals surface area contributed by atoms with Crippen molar-refractivity contribution in [2.75, 3.05) is 6.54 Å². The molecule has 0 saturated heterocycles. The van der Waals surface area contributed by atoms with Crippen LogP contribution in [0.15, 0.2) is 0 Å². The van der Waals surface area contributed by atoms with Gasteiger partial charge in [-0.15, -0.1) is 0 Å². The molecule has 3 aliphatic rings. The summed E-state index contributed by atoms with van der Waals surface area (Å²) >= 11 is 0. The third kappa shape index (κ3) is 2.96. The molecule has 19 heavy (non-hydrogen) atoms. The van der Waals surface area contributed by atoms with Crippen molar-refractivity contribution in [3.63, 3.8) is 0 Å². The van der Waals surface area contributed by atoms with Gasteiger partial charge in [0, 0.05) is 12.5 Å². The van der Waals surface area contributed by atoms with Gasteiger partial charge >= 0.3 is 0 Å². The summed E-state index contributed by atoms with van der Waals surface area (Å²) in [6.07, 6.45) is 11.7. The molecule has 3 aliphatic carbocycles. The second kappa shape index (κ2) is 5.43. The SMILES string of the molecule is O=C(NCC1(O)CCC1)C1CCC2CCCCC2C1. The first-order chi connectivity index (χ1) is 9.16. The van der Waals surface area contributed by atoms with E-state index in [2.05, 4.69) is 5.32 Å². The Morgan fingerprint density at radius 1 is 1.05 bits per heavy atom. The summed E-state index contributed by atoms with van der Waals surface area (Å²) in [7, 11) is 0. The predicted molar refractivity (Wildman–Crippen MR) is 74.6 cm³/mol. The molecular formula is C16H27NO2. The fourth-order valence-electron chi connectivity index (χ4n) is 4.27. The van der Waals surface area contributed by atoms with Crippen molar-refractivity contribution in [2.45, 2.75) is 69.8 Å². The lowest BCUT2D eigenvalue weighted by Crippen LogP contribution is -2.49. The van der Waals surface area contributed by atoms with Gasteiger partial charge in [0.15, 0.2) is 0 Å². The van der Waals surface area contributed by atoms with Gasteiger partial charge in [0.1, 0.15) is 0 Å². The molecule has 1 amide bonds. The van der Waals surface area contributed by atoms with Crippen molar-refractivity contribution in [3.8, 4) is 0 Å². The van der Waals surface area contributed by atoms with Crippen molar-refractivity contribution in [1.82, 2.24) is 5.32 Å². The van der Waals surface area contributed by atoms with Crippen molar-refractivity contribution >= 4 is 5.91 Å². The van der Waals surface area contributed by atoms with Crippen molar-refractivity contribution in [3.05, 3.63) is 0 Å². The number of carbonyl (C=O) groups is 1. The van der Waals surface area contributed by atoms with E-state index in [4.69, 9.17) is 0 Å². The van der Waals surface area contributed by atoms with Gasteiger partial charge in [-0.3, -0.25) is 4.79 Å². The first-order valence-electron chi connectivity index (χ1n) is 8.16. The number of nitrogens with one attached hydrogen (secondary N) is 1. The molecule has 0 heterocycles. The standard InChI is InChI=1S/C16H27NO2/c18-15(17-11-16(19)8-3-9-16)14-7-6-12-4-1-2-5-13(12)10-14/h12-14,19H,1-11H2,(H,17,18). The van der Waals surface area contributed by atoms with Crippen molar-refractivity contribution < 1.29 is 9.90 Å². The first-order valence-corrected chi connectivity index (χ1v) is 8.16. The number of aliphatic hydroxyl groups is 1. The zero-order valence-corrected chi connectivity index (χ0v) is 11.9. The number of hydrogen-bond donors (Lipinski definition) is 2. The van der Waals surface area contributed by atoms with Crippen molar-refractivity contribution in [2.24, 2.45) is 17.8 Å². The minimum absolute atomic E-state index is 0.198. The largest absolute Gasteiger partial charge is 0.388 e. The van der Waals surface area contributed by atoms with Crippen LogP contribution in [-0.4, -0.2) is 23.2 Å². The van der Waals surface area contributed by atoms with Crippen molar-refractivity contribution in [1.29, 1.82) is 0 Å². The zero-order chi connectivity index (χ0) is 13.3. The van der Waals surface area contributed by atoms with Gasteiger partial charge in [0.25, 0.3) is 0 Å². The zero-order valence-electron chi connectivity index (χ0n) is 11.9. The van der Waals surface area contributed by atoms with E-state index in [0.29, 0.717) is 6.54 Å².